The predicted molar refractivity (Wildman–Crippen MR) is 250 cm³/mol. The quantitative estimate of drug-likeness (QED) is 0.159. The van der Waals surface area contributed by atoms with E-state index in [0.717, 1.165) is 5.69 Å². The number of aryl methyl sites for hydroxylation is 1. The topological polar surface area (TPSA) is 14.3 Å². The van der Waals surface area contributed by atoms with Crippen LogP contribution in [-0.2, 0) is 5.41 Å². The highest BCUT2D eigenvalue weighted by Gasteiger charge is 2.24. The zero-order valence-corrected chi connectivity index (χ0v) is 33.1. The Morgan fingerprint density at radius 1 is 0.466 bits per heavy atom. The first-order chi connectivity index (χ1) is 28.3. The van der Waals surface area contributed by atoms with E-state index < -0.39 is 0 Å². The summed E-state index contributed by atoms with van der Waals surface area (Å²) in [4.78, 5) is 0. The Balaban J connectivity index is 1.14. The van der Waals surface area contributed by atoms with E-state index in [1.807, 2.05) is 12.2 Å². The molecule has 12 aromatic rings. The molecule has 4 heterocycles. The van der Waals surface area contributed by atoms with Crippen molar-refractivity contribution in [1.82, 2.24) is 13.5 Å². The molecule has 3 nitrogen and oxygen atoms in total. The molecule has 0 aliphatic carbocycles. The molecule has 0 fully saturated rings. The van der Waals surface area contributed by atoms with Crippen molar-refractivity contribution in [3.63, 3.8) is 0 Å². The number of hydrogen-bond acceptors (Lipinski definition) is 0. The van der Waals surface area contributed by atoms with Crippen molar-refractivity contribution in [2.75, 3.05) is 0 Å². The lowest BCUT2D eigenvalue weighted by Crippen LogP contribution is -2.10. The van der Waals surface area contributed by atoms with Gasteiger partial charge in [0.2, 0.25) is 0 Å². The summed E-state index contributed by atoms with van der Waals surface area (Å²) in [5.41, 5.74) is 13.6. The van der Waals surface area contributed by atoms with Gasteiger partial charge in [-0.3, -0.25) is 0 Å². The maximum atomic E-state index is 3.96. The van der Waals surface area contributed by atoms with Crippen LogP contribution in [-0.4, -0.2) is 13.5 Å². The van der Waals surface area contributed by atoms with Gasteiger partial charge in [0, 0.05) is 54.8 Å². The van der Waals surface area contributed by atoms with E-state index in [2.05, 4.69) is 199 Å². The van der Waals surface area contributed by atoms with Crippen LogP contribution in [0.3, 0.4) is 0 Å². The Morgan fingerprint density at radius 2 is 0.966 bits per heavy atom. The second kappa shape index (κ2) is 11.7. The van der Waals surface area contributed by atoms with Gasteiger partial charge >= 0.3 is 0 Å². The normalized spacial score (nSPS) is 12.8. The largest absolute Gasteiger partial charge is 0.310 e. The van der Waals surface area contributed by atoms with Gasteiger partial charge in [-0.2, -0.15) is 0 Å². The molecule has 8 aromatic carbocycles. The van der Waals surface area contributed by atoms with Crippen molar-refractivity contribution >= 4 is 98.4 Å². The smallest absolute Gasteiger partial charge is 0.0620 e. The van der Waals surface area contributed by atoms with Crippen molar-refractivity contribution in [2.45, 2.75) is 33.1 Å². The predicted octanol–water partition coefficient (Wildman–Crippen LogP) is 15.0. The molecule has 0 atom stereocenters. The number of hydrogen-bond donors (Lipinski definition) is 0. The minimum absolute atomic E-state index is 0.00288. The van der Waals surface area contributed by atoms with Crippen LogP contribution in [0.15, 0.2) is 164 Å². The maximum Gasteiger partial charge on any atom is 0.0620 e. The van der Waals surface area contributed by atoms with Gasteiger partial charge in [0.15, 0.2) is 0 Å². The molecular weight excluding hydrogens is 703 g/mol. The third-order valence-corrected chi connectivity index (χ3v) is 12.8. The van der Waals surface area contributed by atoms with Crippen molar-refractivity contribution in [2.24, 2.45) is 0 Å². The van der Waals surface area contributed by atoms with Gasteiger partial charge in [0.05, 0.1) is 33.1 Å². The zero-order valence-electron chi connectivity index (χ0n) is 33.1. The molecule has 4 aromatic heterocycles. The monoisotopic (exact) mass is 743 g/mol. The molecule has 0 saturated heterocycles. The molecular formula is C55H41N3. The molecule has 0 N–H and O–H groups in total. The highest BCUT2D eigenvalue weighted by Crippen LogP contribution is 2.45. The van der Waals surface area contributed by atoms with Crippen LogP contribution < -0.4 is 0 Å². The van der Waals surface area contributed by atoms with Crippen LogP contribution in [0.4, 0.5) is 0 Å². The van der Waals surface area contributed by atoms with Gasteiger partial charge in [-0.25, -0.2) is 0 Å². The molecule has 12 rings (SSSR count). The highest BCUT2D eigenvalue weighted by atomic mass is 15.0. The molecule has 276 valence electrons. The fraction of sp³-hybridized carbons (Fsp3) is 0.0909. The summed E-state index contributed by atoms with van der Waals surface area (Å²) in [5, 5.41) is 14.0. The summed E-state index contributed by atoms with van der Waals surface area (Å²) >= 11 is 0. The summed E-state index contributed by atoms with van der Waals surface area (Å²) in [6.07, 6.45) is 6.07. The maximum absolute atomic E-state index is 3.96. The minimum Gasteiger partial charge on any atom is -0.310 e. The minimum atomic E-state index is -0.00288. The molecule has 58 heavy (non-hydrogen) atoms. The first-order valence-corrected chi connectivity index (χ1v) is 20.3. The lowest BCUT2D eigenvalue weighted by molar-refractivity contribution is 0.592. The van der Waals surface area contributed by atoms with Gasteiger partial charge in [0.25, 0.3) is 0 Å². The van der Waals surface area contributed by atoms with Gasteiger partial charge in [0.1, 0.15) is 0 Å². The summed E-state index contributed by atoms with van der Waals surface area (Å²) in [7, 11) is 0. The lowest BCUT2D eigenvalue weighted by Gasteiger charge is -2.19. The fourth-order valence-corrected chi connectivity index (χ4v) is 9.97. The number of fused-ring (bicyclic) bond motifs is 12. The van der Waals surface area contributed by atoms with Crippen molar-refractivity contribution < 1.29 is 0 Å². The van der Waals surface area contributed by atoms with Gasteiger partial charge in [-0.15, -0.1) is 0 Å². The van der Waals surface area contributed by atoms with Crippen molar-refractivity contribution in [3.8, 4) is 11.4 Å². The van der Waals surface area contributed by atoms with Crippen LogP contribution in [0.2, 0.25) is 0 Å². The van der Waals surface area contributed by atoms with E-state index in [1.54, 1.807) is 0 Å². The van der Waals surface area contributed by atoms with Crippen LogP contribution in [0.1, 0.15) is 37.6 Å². The highest BCUT2D eigenvalue weighted by molar-refractivity contribution is 6.26. The SMILES string of the molecule is C=C/C=C\c1c(C)c2ccccc2n1-c1ccc2cc3c4cc(C(C)(C)C)cc5c6cc7ccc(-n8c9ccccc9c9ccccc98)cc7cc6n(c3cc2c1)c45. The molecule has 0 saturated carbocycles. The van der Waals surface area contributed by atoms with E-state index in [-0.39, 0.29) is 5.41 Å². The number of para-hydroxylation sites is 3. The Morgan fingerprint density at radius 3 is 1.50 bits per heavy atom. The molecule has 0 spiro atoms. The summed E-state index contributed by atoms with van der Waals surface area (Å²) in [6.45, 7) is 13.2. The van der Waals surface area contributed by atoms with Crippen molar-refractivity contribution in [1.29, 1.82) is 0 Å². The Kier molecular flexibility index (Phi) is 6.68. The number of nitrogens with zero attached hydrogens (tertiary/aromatic N) is 3. The van der Waals surface area contributed by atoms with Crippen molar-refractivity contribution in [3.05, 3.63) is 181 Å². The average molecular weight is 744 g/mol. The molecule has 0 unspecified atom stereocenters. The molecule has 0 bridgehead atoms. The van der Waals surface area contributed by atoms with Crippen LogP contribution in [0.25, 0.3) is 110 Å². The molecule has 0 amide bonds. The lowest BCUT2D eigenvalue weighted by atomic mass is 9.85. The zero-order chi connectivity index (χ0) is 39.0. The number of rotatable bonds is 4. The molecule has 0 radical (unpaired) electrons. The van der Waals surface area contributed by atoms with Gasteiger partial charge in [-0.05, 0) is 130 Å². The van der Waals surface area contributed by atoms with Crippen LogP contribution in [0, 0.1) is 6.92 Å². The average Bonchev–Trinajstić information content (AvgIpc) is 3.94. The third kappa shape index (κ3) is 4.50. The summed E-state index contributed by atoms with van der Waals surface area (Å²) < 4.78 is 7.36. The standard InChI is InChI=1S/C55H41N3/c1-6-7-17-48-33(2)41-14-8-11-18-49(41)56(48)39-23-21-34-27-44-46-31-38(55(3,4)5)32-47-45-28-35-22-24-40(57-50-19-12-9-15-42(50)43-16-10-13-20-51(43)57)26-37(35)30-53(45)58(54(46)47)52(44)29-36(34)25-39/h6-32H,1H2,2-5H3/b17-7-. The van der Waals surface area contributed by atoms with Gasteiger partial charge < -0.3 is 13.5 Å². The first kappa shape index (κ1) is 33.1. The summed E-state index contributed by atoms with van der Waals surface area (Å²) in [6, 6.07) is 54.8. The van der Waals surface area contributed by atoms with E-state index >= 15 is 0 Å². The first-order valence-electron chi connectivity index (χ1n) is 20.3. The molecule has 0 aliphatic rings. The van der Waals surface area contributed by atoms with E-state index in [0.29, 0.717) is 0 Å². The van der Waals surface area contributed by atoms with E-state index in [1.165, 1.54) is 115 Å². The van der Waals surface area contributed by atoms with Crippen LogP contribution >= 0.6 is 0 Å². The molecule has 0 aliphatic heterocycles. The van der Waals surface area contributed by atoms with E-state index in [9.17, 15) is 0 Å². The van der Waals surface area contributed by atoms with E-state index in [4.69, 9.17) is 0 Å². The second-order valence-electron chi connectivity index (χ2n) is 17.1. The second-order valence-corrected chi connectivity index (χ2v) is 17.1. The Hall–Kier alpha value is -7.10. The number of benzene rings is 8. The third-order valence-electron chi connectivity index (χ3n) is 12.8. The molecule has 3 heteroatoms. The Bertz CT molecular complexity index is 3690. The Labute approximate surface area is 336 Å². The summed E-state index contributed by atoms with van der Waals surface area (Å²) in [5.74, 6) is 0. The fourth-order valence-electron chi connectivity index (χ4n) is 9.97. The number of aromatic nitrogens is 3. The number of allylic oxidation sites excluding steroid dienone is 2. The van der Waals surface area contributed by atoms with Gasteiger partial charge in [-0.1, -0.05) is 106 Å². The van der Waals surface area contributed by atoms with Crippen LogP contribution in [0.5, 0.6) is 0 Å².